The van der Waals surface area contributed by atoms with Crippen molar-refractivity contribution in [1.29, 1.82) is 0 Å². The quantitative estimate of drug-likeness (QED) is 0.625. The van der Waals surface area contributed by atoms with Gasteiger partial charge in [-0.15, -0.1) is 0 Å². The van der Waals surface area contributed by atoms with Crippen LogP contribution in [0.1, 0.15) is 27.2 Å². The summed E-state index contributed by atoms with van der Waals surface area (Å²) in [7, 11) is 0. The number of carbonyl (C=O) groups excluding carboxylic acids is 1. The molecule has 0 radical (unpaired) electrons. The van der Waals surface area contributed by atoms with Crippen molar-refractivity contribution in [2.75, 3.05) is 26.4 Å². The van der Waals surface area contributed by atoms with E-state index in [0.29, 0.717) is 19.1 Å². The Morgan fingerprint density at radius 1 is 1.21 bits per heavy atom. The summed E-state index contributed by atoms with van der Waals surface area (Å²) in [6.45, 7) is 6.41. The summed E-state index contributed by atoms with van der Waals surface area (Å²) >= 11 is 0. The van der Waals surface area contributed by atoms with Crippen molar-refractivity contribution in [2.24, 2.45) is 5.92 Å². The Hall–Kier alpha value is -0.450. The lowest BCUT2D eigenvalue weighted by Gasteiger charge is -1.95. The molecule has 2 N–H and O–H groups in total. The van der Waals surface area contributed by atoms with Gasteiger partial charge in [0, 0.05) is 6.42 Å². The van der Waals surface area contributed by atoms with Gasteiger partial charge in [0.05, 0.1) is 26.4 Å². The lowest BCUT2D eigenvalue weighted by atomic mass is 10.1. The zero-order chi connectivity index (χ0) is 11.4. The summed E-state index contributed by atoms with van der Waals surface area (Å²) < 4.78 is 4.63. The van der Waals surface area contributed by atoms with Crippen LogP contribution >= 0.6 is 0 Å². The zero-order valence-corrected chi connectivity index (χ0v) is 9.32. The molecule has 0 aliphatic carbocycles. The summed E-state index contributed by atoms with van der Waals surface area (Å²) in [5, 5.41) is 16.2. The Balaban J connectivity index is 0. The second kappa shape index (κ2) is 12.6. The van der Waals surface area contributed by atoms with Crippen LogP contribution in [0.4, 0.5) is 0 Å². The highest BCUT2D eigenvalue weighted by Crippen LogP contribution is 1.97. The minimum absolute atomic E-state index is 0.0278. The molecule has 0 aromatic rings. The van der Waals surface area contributed by atoms with Gasteiger partial charge < -0.3 is 19.7 Å². The van der Waals surface area contributed by atoms with E-state index >= 15 is 0 Å². The SMILES string of the molecule is CC(=O)CC(C)C.OCCOCCO. The molecule has 4 heteroatoms. The molecule has 0 unspecified atom stereocenters. The topological polar surface area (TPSA) is 66.8 Å². The molecule has 0 fully saturated rings. The van der Waals surface area contributed by atoms with Gasteiger partial charge in [0.2, 0.25) is 0 Å². The number of Topliss-reactive ketones (excluding diaryl/α,β-unsaturated/α-hetero) is 1. The van der Waals surface area contributed by atoms with E-state index < -0.39 is 0 Å². The van der Waals surface area contributed by atoms with Crippen molar-refractivity contribution in [3.05, 3.63) is 0 Å². The largest absolute Gasteiger partial charge is 0.394 e. The standard InChI is InChI=1S/C6H12O.C4H10O3/c1-5(2)4-6(3)7;5-1-3-7-4-2-6/h5H,4H2,1-3H3;5-6H,1-4H2. The van der Waals surface area contributed by atoms with Gasteiger partial charge in [0.25, 0.3) is 0 Å². The molecule has 86 valence electrons. The van der Waals surface area contributed by atoms with Crippen LogP contribution in [0.5, 0.6) is 0 Å². The van der Waals surface area contributed by atoms with Gasteiger partial charge in [-0.3, -0.25) is 0 Å². The molecule has 0 heterocycles. The fourth-order valence-electron chi connectivity index (χ4n) is 0.806. The fourth-order valence-corrected chi connectivity index (χ4v) is 0.806. The summed E-state index contributed by atoms with van der Waals surface area (Å²) in [6, 6.07) is 0. The summed E-state index contributed by atoms with van der Waals surface area (Å²) in [6.07, 6.45) is 0.722. The van der Waals surface area contributed by atoms with Gasteiger partial charge in [-0.2, -0.15) is 0 Å². The molecular formula is C10H22O4. The molecule has 0 aromatic carbocycles. The van der Waals surface area contributed by atoms with Crippen LogP contribution in [0.2, 0.25) is 0 Å². The van der Waals surface area contributed by atoms with Crippen LogP contribution < -0.4 is 0 Å². The smallest absolute Gasteiger partial charge is 0.130 e. The Bertz CT molecular complexity index is 119. The molecule has 0 aromatic heterocycles. The molecule has 4 nitrogen and oxygen atoms in total. The van der Waals surface area contributed by atoms with E-state index in [1.807, 2.05) is 13.8 Å². The third kappa shape index (κ3) is 22.6. The maximum Gasteiger partial charge on any atom is 0.130 e. The first kappa shape index (κ1) is 16.0. The molecule has 0 spiro atoms. The second-order valence-electron chi connectivity index (χ2n) is 3.36. The average molecular weight is 206 g/mol. The lowest BCUT2D eigenvalue weighted by Crippen LogP contribution is -2.03. The van der Waals surface area contributed by atoms with Crippen molar-refractivity contribution in [3.8, 4) is 0 Å². The van der Waals surface area contributed by atoms with E-state index in [-0.39, 0.29) is 19.0 Å². The van der Waals surface area contributed by atoms with E-state index in [2.05, 4.69) is 4.74 Å². The van der Waals surface area contributed by atoms with Crippen LogP contribution in [-0.4, -0.2) is 42.4 Å². The van der Waals surface area contributed by atoms with Gasteiger partial charge in [-0.25, -0.2) is 0 Å². The molecule has 0 bridgehead atoms. The molecule has 0 amide bonds. The molecular weight excluding hydrogens is 184 g/mol. The number of rotatable bonds is 6. The minimum Gasteiger partial charge on any atom is -0.394 e. The maximum atomic E-state index is 10.3. The first-order valence-electron chi connectivity index (χ1n) is 4.83. The molecule has 14 heavy (non-hydrogen) atoms. The van der Waals surface area contributed by atoms with E-state index in [4.69, 9.17) is 10.2 Å². The maximum absolute atomic E-state index is 10.3. The lowest BCUT2D eigenvalue weighted by molar-refractivity contribution is -0.117. The predicted octanol–water partition coefficient (Wildman–Crippen LogP) is 0.609. The molecule has 0 aliphatic heterocycles. The van der Waals surface area contributed by atoms with Crippen molar-refractivity contribution >= 4 is 5.78 Å². The first-order chi connectivity index (χ1) is 6.54. The predicted molar refractivity (Wildman–Crippen MR) is 55.1 cm³/mol. The highest BCUT2D eigenvalue weighted by Gasteiger charge is 1.95. The highest BCUT2D eigenvalue weighted by atomic mass is 16.5. The zero-order valence-electron chi connectivity index (χ0n) is 9.32. The normalized spacial score (nSPS) is 9.57. The van der Waals surface area contributed by atoms with Crippen molar-refractivity contribution in [1.82, 2.24) is 0 Å². The van der Waals surface area contributed by atoms with Gasteiger partial charge in [-0.05, 0) is 12.8 Å². The fraction of sp³-hybridized carbons (Fsp3) is 0.900. The monoisotopic (exact) mass is 206 g/mol. The van der Waals surface area contributed by atoms with Gasteiger partial charge >= 0.3 is 0 Å². The number of carbonyl (C=O) groups is 1. The number of aliphatic hydroxyl groups is 2. The number of ether oxygens (including phenoxy) is 1. The van der Waals surface area contributed by atoms with Crippen molar-refractivity contribution in [3.63, 3.8) is 0 Å². The van der Waals surface area contributed by atoms with E-state index in [9.17, 15) is 4.79 Å². The summed E-state index contributed by atoms with van der Waals surface area (Å²) in [5.41, 5.74) is 0. The van der Waals surface area contributed by atoms with Crippen LogP contribution in [0.25, 0.3) is 0 Å². The Morgan fingerprint density at radius 3 is 1.79 bits per heavy atom. The Labute approximate surface area is 85.9 Å². The molecule has 0 aliphatic rings. The minimum atomic E-state index is 0.0278. The first-order valence-corrected chi connectivity index (χ1v) is 4.83. The summed E-state index contributed by atoms with van der Waals surface area (Å²) in [4.78, 5) is 10.3. The van der Waals surface area contributed by atoms with Crippen LogP contribution in [0.3, 0.4) is 0 Å². The second-order valence-corrected chi connectivity index (χ2v) is 3.36. The van der Waals surface area contributed by atoms with Crippen LogP contribution in [-0.2, 0) is 9.53 Å². The van der Waals surface area contributed by atoms with Crippen LogP contribution in [0, 0.1) is 5.92 Å². The average Bonchev–Trinajstić information content (AvgIpc) is 2.04. The Kier molecular flexibility index (Phi) is 14.3. The summed E-state index contributed by atoms with van der Waals surface area (Å²) in [5.74, 6) is 0.813. The number of ketones is 1. The van der Waals surface area contributed by atoms with Gasteiger partial charge in [0.15, 0.2) is 0 Å². The van der Waals surface area contributed by atoms with E-state index in [1.165, 1.54) is 0 Å². The molecule has 0 saturated heterocycles. The van der Waals surface area contributed by atoms with E-state index in [1.54, 1.807) is 6.92 Å². The molecule has 0 atom stereocenters. The highest BCUT2D eigenvalue weighted by molar-refractivity contribution is 5.75. The third-order valence-corrected chi connectivity index (χ3v) is 1.17. The number of hydrogen-bond donors (Lipinski definition) is 2. The molecule has 0 saturated carbocycles. The van der Waals surface area contributed by atoms with Crippen molar-refractivity contribution in [2.45, 2.75) is 27.2 Å². The Morgan fingerprint density at radius 2 is 1.64 bits per heavy atom. The molecule has 0 rings (SSSR count). The van der Waals surface area contributed by atoms with E-state index in [0.717, 1.165) is 6.42 Å². The number of hydrogen-bond acceptors (Lipinski definition) is 4. The van der Waals surface area contributed by atoms with Gasteiger partial charge in [-0.1, -0.05) is 13.8 Å². The van der Waals surface area contributed by atoms with Crippen molar-refractivity contribution < 1.29 is 19.7 Å². The third-order valence-electron chi connectivity index (χ3n) is 1.17. The van der Waals surface area contributed by atoms with Gasteiger partial charge in [0.1, 0.15) is 5.78 Å². The van der Waals surface area contributed by atoms with Crippen LogP contribution in [0.15, 0.2) is 0 Å². The number of aliphatic hydroxyl groups excluding tert-OH is 2.